The van der Waals surface area contributed by atoms with Crippen LogP contribution in [0.1, 0.15) is 2.85 Å². The molecule has 1 rings (SSSR count). The molecule has 4 nitrogen and oxygen atoms in total. The van der Waals surface area contributed by atoms with Gasteiger partial charge in [0.05, 0.1) is 0 Å². The first kappa shape index (κ1) is 12.2. The minimum atomic E-state index is -4.28. The maximum absolute atomic E-state index is 10.4. The van der Waals surface area contributed by atoms with Gasteiger partial charge in [-0.2, -0.15) is 8.42 Å². The molecule has 0 saturated carbocycles. The van der Waals surface area contributed by atoms with Crippen molar-refractivity contribution in [1.82, 2.24) is 0 Å². The van der Waals surface area contributed by atoms with Gasteiger partial charge in [0.15, 0.2) is 0 Å². The fraction of sp³-hybridized carbons (Fsp3) is 0. The van der Waals surface area contributed by atoms with Crippen molar-refractivity contribution in [2.75, 3.05) is 0 Å². The van der Waals surface area contributed by atoms with Crippen LogP contribution in [0.5, 0.6) is 5.75 Å². The normalized spacial score (nSPS) is 10.4. The fourth-order valence-electron chi connectivity index (χ4n) is 0.675. The monoisotopic (exact) mass is 216 g/mol. The summed E-state index contributed by atoms with van der Waals surface area (Å²) in [4.78, 5) is -0.472. The Bertz CT molecular complexity index is 368. The van der Waals surface area contributed by atoms with E-state index in [1.807, 2.05) is 0 Å². The number of aromatic hydroxyl groups is 1. The van der Waals surface area contributed by atoms with Gasteiger partial charge in [-0.25, -0.2) is 0 Å². The first-order chi connectivity index (χ1) is 5.02. The van der Waals surface area contributed by atoms with E-state index in [4.69, 9.17) is 9.66 Å². The Morgan fingerprint density at radius 2 is 1.75 bits per heavy atom. The molecule has 12 heavy (non-hydrogen) atoms. The van der Waals surface area contributed by atoms with Crippen LogP contribution >= 0.6 is 0 Å². The van der Waals surface area contributed by atoms with Gasteiger partial charge in [0.25, 0.3) is 10.1 Å². The topological polar surface area (TPSA) is 74.6 Å². The van der Waals surface area contributed by atoms with E-state index < -0.39 is 20.8 Å². The van der Waals surface area contributed by atoms with Gasteiger partial charge < -0.3 is 7.96 Å². The summed E-state index contributed by atoms with van der Waals surface area (Å²) in [6, 6.07) is 5.17. The molecule has 1 aromatic rings. The van der Waals surface area contributed by atoms with E-state index in [1.54, 1.807) is 0 Å². The standard InChI is InChI=1S/C6H6O4S.Ca.2H/c7-5-3-1-2-4-6(5)11(8,9)10;;;/h1-4,7H,(H,8,9,10);;;/q;+2;2*-1. The molecular weight excluding hydrogens is 208 g/mol. The predicted octanol–water partition coefficient (Wildman–Crippen LogP) is 0.483. The summed E-state index contributed by atoms with van der Waals surface area (Å²) in [6.07, 6.45) is 0. The molecule has 0 unspecified atom stereocenters. The summed E-state index contributed by atoms with van der Waals surface area (Å²) in [7, 11) is -4.28. The Balaban J connectivity index is -0.000000403. The molecule has 6 heteroatoms. The Labute approximate surface area is 103 Å². The van der Waals surface area contributed by atoms with E-state index in [9.17, 15) is 8.42 Å². The molecule has 0 heterocycles. The SMILES string of the molecule is O=S(=O)(O)c1ccccc1O.[Ca+2].[H-].[H-]. The smallest absolute Gasteiger partial charge is 1.00 e. The van der Waals surface area contributed by atoms with Crippen LogP contribution in [0.2, 0.25) is 0 Å². The van der Waals surface area contributed by atoms with E-state index in [0.29, 0.717) is 0 Å². The van der Waals surface area contributed by atoms with Crippen molar-refractivity contribution < 1.29 is 20.9 Å². The minimum Gasteiger partial charge on any atom is -1.00 e. The quantitative estimate of drug-likeness (QED) is 0.529. The van der Waals surface area contributed by atoms with Crippen molar-refractivity contribution in [1.29, 1.82) is 0 Å². The molecule has 0 aliphatic rings. The van der Waals surface area contributed by atoms with E-state index in [1.165, 1.54) is 18.2 Å². The van der Waals surface area contributed by atoms with Crippen molar-refractivity contribution in [3.05, 3.63) is 24.3 Å². The van der Waals surface area contributed by atoms with Crippen LogP contribution in [0.3, 0.4) is 0 Å². The molecule has 0 aromatic heterocycles. The first-order valence-electron chi connectivity index (χ1n) is 2.77. The Hall–Kier alpha value is 0.190. The van der Waals surface area contributed by atoms with Crippen molar-refractivity contribution in [2.45, 2.75) is 4.90 Å². The molecule has 0 saturated heterocycles. The van der Waals surface area contributed by atoms with Crippen molar-refractivity contribution >= 4 is 47.9 Å². The average Bonchev–Trinajstić information content (AvgIpc) is 1.86. The van der Waals surface area contributed by atoms with Gasteiger partial charge >= 0.3 is 37.7 Å². The maximum Gasteiger partial charge on any atom is 2.00 e. The second-order valence-corrected chi connectivity index (χ2v) is 3.33. The van der Waals surface area contributed by atoms with Gasteiger partial charge in [-0.05, 0) is 12.1 Å². The second-order valence-electron chi connectivity index (χ2n) is 1.94. The zero-order valence-corrected chi connectivity index (χ0v) is 9.16. The third-order valence-corrected chi connectivity index (χ3v) is 2.04. The molecule has 0 atom stereocenters. The van der Waals surface area contributed by atoms with Crippen LogP contribution in [-0.2, 0) is 10.1 Å². The molecule has 64 valence electrons. The Morgan fingerprint density at radius 3 is 2.08 bits per heavy atom. The van der Waals surface area contributed by atoms with E-state index in [-0.39, 0.29) is 40.6 Å². The van der Waals surface area contributed by atoms with Crippen molar-refractivity contribution in [3.8, 4) is 5.75 Å². The average molecular weight is 216 g/mol. The Morgan fingerprint density at radius 1 is 1.25 bits per heavy atom. The minimum absolute atomic E-state index is 0. The van der Waals surface area contributed by atoms with Gasteiger partial charge in [-0.1, -0.05) is 12.1 Å². The van der Waals surface area contributed by atoms with Crippen LogP contribution in [-0.4, -0.2) is 55.8 Å². The van der Waals surface area contributed by atoms with Gasteiger partial charge in [0, 0.05) is 0 Å². The van der Waals surface area contributed by atoms with Gasteiger partial charge in [0.2, 0.25) is 0 Å². The van der Waals surface area contributed by atoms with Crippen LogP contribution < -0.4 is 0 Å². The van der Waals surface area contributed by atoms with Gasteiger partial charge in [0.1, 0.15) is 10.6 Å². The maximum atomic E-state index is 10.4. The van der Waals surface area contributed by atoms with Gasteiger partial charge in [-0.3, -0.25) is 4.55 Å². The molecule has 0 spiro atoms. The summed E-state index contributed by atoms with van der Waals surface area (Å²) in [6.45, 7) is 0. The van der Waals surface area contributed by atoms with Crippen molar-refractivity contribution in [2.24, 2.45) is 0 Å². The second kappa shape index (κ2) is 4.43. The molecule has 1 aromatic carbocycles. The van der Waals surface area contributed by atoms with E-state index in [0.717, 1.165) is 6.07 Å². The molecule has 0 aliphatic carbocycles. The number of hydrogen-bond donors (Lipinski definition) is 2. The Kier molecular flexibility index (Phi) is 4.50. The first-order valence-corrected chi connectivity index (χ1v) is 4.21. The summed E-state index contributed by atoms with van der Waals surface area (Å²) in [5, 5.41) is 8.91. The number of benzene rings is 1. The summed E-state index contributed by atoms with van der Waals surface area (Å²) >= 11 is 0. The third-order valence-electron chi connectivity index (χ3n) is 1.14. The molecule has 0 fully saturated rings. The number of hydrogen-bond acceptors (Lipinski definition) is 3. The van der Waals surface area contributed by atoms with Crippen LogP contribution in [0.4, 0.5) is 0 Å². The fourth-order valence-corrected chi connectivity index (χ4v) is 1.26. The molecule has 2 N–H and O–H groups in total. The molecule has 0 bridgehead atoms. The van der Waals surface area contributed by atoms with Gasteiger partial charge in [-0.15, -0.1) is 0 Å². The number of rotatable bonds is 1. The summed E-state index contributed by atoms with van der Waals surface area (Å²) in [5.74, 6) is -0.449. The number of phenols is 1. The van der Waals surface area contributed by atoms with Crippen molar-refractivity contribution in [3.63, 3.8) is 0 Å². The largest absolute Gasteiger partial charge is 2.00 e. The molecule has 0 aliphatic heterocycles. The number of para-hydroxylation sites is 1. The van der Waals surface area contributed by atoms with E-state index >= 15 is 0 Å². The molecular formula is C6H8CaO4S. The molecule has 0 amide bonds. The predicted molar refractivity (Wildman–Crippen MR) is 45.9 cm³/mol. The summed E-state index contributed by atoms with van der Waals surface area (Å²) < 4.78 is 29.4. The molecule has 0 radical (unpaired) electrons. The zero-order valence-electron chi connectivity index (χ0n) is 8.14. The summed E-state index contributed by atoms with van der Waals surface area (Å²) in [5.41, 5.74) is 0. The van der Waals surface area contributed by atoms with Crippen LogP contribution in [0.15, 0.2) is 29.2 Å². The van der Waals surface area contributed by atoms with E-state index in [2.05, 4.69) is 0 Å². The number of phenolic OH excluding ortho intramolecular Hbond substituents is 1. The zero-order chi connectivity index (χ0) is 8.48. The van der Waals surface area contributed by atoms with Crippen LogP contribution in [0, 0.1) is 0 Å². The third kappa shape index (κ3) is 2.91. The van der Waals surface area contributed by atoms with Crippen LogP contribution in [0.25, 0.3) is 0 Å².